The van der Waals surface area contributed by atoms with Crippen LogP contribution < -0.4 is 16.6 Å². The van der Waals surface area contributed by atoms with E-state index in [2.05, 4.69) is 25.8 Å². The van der Waals surface area contributed by atoms with Crippen molar-refractivity contribution in [3.63, 3.8) is 0 Å². The third kappa shape index (κ3) is 4.15. The zero-order valence-electron chi connectivity index (χ0n) is 18.0. The number of nitrogen functional groups attached to an aromatic ring is 1. The summed E-state index contributed by atoms with van der Waals surface area (Å²) in [4.78, 5) is 13.6. The second-order valence-corrected chi connectivity index (χ2v) is 7.45. The van der Waals surface area contributed by atoms with E-state index in [1.165, 1.54) is 0 Å². The highest BCUT2D eigenvalue weighted by Gasteiger charge is 2.20. The van der Waals surface area contributed by atoms with Gasteiger partial charge in [-0.1, -0.05) is 42.5 Å². The minimum Gasteiger partial charge on any atom is -0.324 e. The Hall–Kier alpha value is -4.56. The standard InChI is InChI=1S/C25H22N8/c1-17-7-5-6-10-21(17)22-23(32-26)30-25(29-20-8-3-2-4-9-20)31-24(22)33-16-19(15-28-33)18-11-13-27-14-12-18/h2-16H,26H2,1H3,(H2,29,30,31,32). The summed E-state index contributed by atoms with van der Waals surface area (Å²) >= 11 is 0. The zero-order chi connectivity index (χ0) is 22.6. The Morgan fingerprint density at radius 1 is 0.848 bits per heavy atom. The van der Waals surface area contributed by atoms with E-state index in [0.717, 1.165) is 33.5 Å². The minimum absolute atomic E-state index is 0.405. The maximum absolute atomic E-state index is 5.94. The lowest BCUT2D eigenvalue weighted by atomic mass is 10.0. The van der Waals surface area contributed by atoms with E-state index in [-0.39, 0.29) is 0 Å². The Balaban J connectivity index is 1.69. The van der Waals surface area contributed by atoms with Crippen molar-refractivity contribution in [1.82, 2.24) is 24.7 Å². The highest BCUT2D eigenvalue weighted by molar-refractivity contribution is 5.84. The Kier molecular flexibility index (Phi) is 5.48. The molecule has 5 aromatic rings. The molecule has 3 heterocycles. The summed E-state index contributed by atoms with van der Waals surface area (Å²) < 4.78 is 1.75. The summed E-state index contributed by atoms with van der Waals surface area (Å²) in [7, 11) is 0. The third-order valence-corrected chi connectivity index (χ3v) is 5.28. The van der Waals surface area contributed by atoms with Crippen molar-refractivity contribution in [1.29, 1.82) is 0 Å². The quantitative estimate of drug-likeness (QED) is 0.262. The van der Waals surface area contributed by atoms with Crippen LogP contribution in [-0.4, -0.2) is 24.7 Å². The Labute approximate surface area is 191 Å². The van der Waals surface area contributed by atoms with E-state index in [4.69, 9.17) is 10.8 Å². The molecule has 162 valence electrons. The number of nitrogens with one attached hydrogen (secondary N) is 2. The molecule has 0 saturated carbocycles. The fourth-order valence-electron chi connectivity index (χ4n) is 3.66. The maximum Gasteiger partial charge on any atom is 0.231 e. The summed E-state index contributed by atoms with van der Waals surface area (Å²) in [6, 6.07) is 21.7. The summed E-state index contributed by atoms with van der Waals surface area (Å²) in [5.41, 5.74) is 8.39. The van der Waals surface area contributed by atoms with Crippen LogP contribution in [0.15, 0.2) is 91.5 Å². The van der Waals surface area contributed by atoms with Crippen LogP contribution in [0.1, 0.15) is 5.56 Å². The van der Waals surface area contributed by atoms with Gasteiger partial charge in [-0.2, -0.15) is 15.1 Å². The molecule has 0 aliphatic rings. The van der Waals surface area contributed by atoms with Gasteiger partial charge in [0.1, 0.15) is 0 Å². The molecule has 33 heavy (non-hydrogen) atoms. The molecular formula is C25H22N8. The van der Waals surface area contributed by atoms with Crippen molar-refractivity contribution >= 4 is 17.5 Å². The van der Waals surface area contributed by atoms with Crippen molar-refractivity contribution in [3.05, 3.63) is 97.1 Å². The number of aryl methyl sites for hydroxylation is 1. The van der Waals surface area contributed by atoms with Gasteiger partial charge in [0.05, 0.1) is 11.8 Å². The molecule has 3 aromatic heterocycles. The van der Waals surface area contributed by atoms with Crippen molar-refractivity contribution in [2.24, 2.45) is 5.84 Å². The van der Waals surface area contributed by atoms with E-state index in [0.29, 0.717) is 17.6 Å². The van der Waals surface area contributed by atoms with Crippen molar-refractivity contribution in [3.8, 4) is 28.1 Å². The fraction of sp³-hybridized carbons (Fsp3) is 0.0400. The zero-order valence-corrected chi connectivity index (χ0v) is 18.0. The number of hydrazine groups is 1. The molecule has 2 aromatic carbocycles. The van der Waals surface area contributed by atoms with Crippen LogP contribution in [0.2, 0.25) is 0 Å². The number of para-hydroxylation sites is 1. The normalized spacial score (nSPS) is 10.7. The van der Waals surface area contributed by atoms with Gasteiger partial charge in [0.15, 0.2) is 11.6 Å². The summed E-state index contributed by atoms with van der Waals surface area (Å²) in [6.07, 6.45) is 7.26. The molecule has 0 spiro atoms. The lowest BCUT2D eigenvalue weighted by Gasteiger charge is -2.17. The van der Waals surface area contributed by atoms with Crippen LogP contribution in [0.25, 0.3) is 28.1 Å². The van der Waals surface area contributed by atoms with E-state index in [9.17, 15) is 0 Å². The Bertz CT molecular complexity index is 1380. The lowest BCUT2D eigenvalue weighted by Crippen LogP contribution is -2.15. The number of nitrogens with zero attached hydrogens (tertiary/aromatic N) is 5. The van der Waals surface area contributed by atoms with Crippen molar-refractivity contribution in [2.45, 2.75) is 6.92 Å². The number of aromatic nitrogens is 5. The third-order valence-electron chi connectivity index (χ3n) is 5.28. The molecule has 0 unspecified atom stereocenters. The van der Waals surface area contributed by atoms with Crippen LogP contribution in [0.4, 0.5) is 17.5 Å². The SMILES string of the molecule is Cc1ccccc1-c1c(NN)nc(Nc2ccccc2)nc1-n1cc(-c2ccncc2)cn1. The average Bonchev–Trinajstić information content (AvgIpc) is 3.36. The second-order valence-electron chi connectivity index (χ2n) is 7.45. The molecule has 8 heteroatoms. The van der Waals surface area contributed by atoms with Gasteiger partial charge in [-0.05, 0) is 47.9 Å². The predicted octanol–water partition coefficient (Wildman–Crippen LogP) is 4.73. The molecule has 0 fully saturated rings. The highest BCUT2D eigenvalue weighted by atomic mass is 15.3. The fourth-order valence-corrected chi connectivity index (χ4v) is 3.66. The van der Waals surface area contributed by atoms with Gasteiger partial charge in [-0.15, -0.1) is 0 Å². The highest BCUT2D eigenvalue weighted by Crippen LogP contribution is 2.35. The Morgan fingerprint density at radius 3 is 2.36 bits per heavy atom. The van der Waals surface area contributed by atoms with Crippen LogP contribution in [-0.2, 0) is 0 Å². The molecule has 0 radical (unpaired) electrons. The molecule has 4 N–H and O–H groups in total. The molecule has 0 bridgehead atoms. The first-order chi connectivity index (χ1) is 16.2. The summed E-state index contributed by atoms with van der Waals surface area (Å²) in [6.45, 7) is 2.04. The molecule has 0 saturated heterocycles. The van der Waals surface area contributed by atoms with E-state index >= 15 is 0 Å². The number of pyridine rings is 1. The van der Waals surface area contributed by atoms with Crippen molar-refractivity contribution in [2.75, 3.05) is 10.7 Å². The molecule has 5 rings (SSSR count). The first-order valence-electron chi connectivity index (χ1n) is 10.4. The monoisotopic (exact) mass is 434 g/mol. The summed E-state index contributed by atoms with van der Waals surface area (Å²) in [5, 5.41) is 7.87. The Morgan fingerprint density at radius 2 is 1.61 bits per heavy atom. The van der Waals surface area contributed by atoms with Crippen LogP contribution >= 0.6 is 0 Å². The number of hydrogen-bond donors (Lipinski definition) is 3. The van der Waals surface area contributed by atoms with Gasteiger partial charge >= 0.3 is 0 Å². The first-order valence-corrected chi connectivity index (χ1v) is 10.4. The van der Waals surface area contributed by atoms with Gasteiger partial charge in [0, 0.05) is 29.8 Å². The van der Waals surface area contributed by atoms with Crippen LogP contribution in [0, 0.1) is 6.92 Å². The second kappa shape index (κ2) is 8.89. The number of nitrogens with two attached hydrogens (primary N) is 1. The van der Waals surface area contributed by atoms with Crippen LogP contribution in [0.3, 0.4) is 0 Å². The molecular weight excluding hydrogens is 412 g/mol. The number of hydrogen-bond acceptors (Lipinski definition) is 7. The van der Waals surface area contributed by atoms with E-state index in [1.54, 1.807) is 23.3 Å². The van der Waals surface area contributed by atoms with Gasteiger partial charge in [-0.25, -0.2) is 10.5 Å². The van der Waals surface area contributed by atoms with E-state index < -0.39 is 0 Å². The van der Waals surface area contributed by atoms with Crippen LogP contribution in [0.5, 0.6) is 0 Å². The predicted molar refractivity (Wildman–Crippen MR) is 130 cm³/mol. The van der Waals surface area contributed by atoms with Crippen molar-refractivity contribution < 1.29 is 0 Å². The first kappa shape index (κ1) is 20.3. The molecule has 0 aliphatic carbocycles. The largest absolute Gasteiger partial charge is 0.324 e. The van der Waals surface area contributed by atoms with Gasteiger partial charge in [-0.3, -0.25) is 4.98 Å². The summed E-state index contributed by atoms with van der Waals surface area (Å²) in [5.74, 6) is 7.44. The number of rotatable bonds is 6. The maximum atomic E-state index is 5.94. The average molecular weight is 435 g/mol. The smallest absolute Gasteiger partial charge is 0.231 e. The van der Waals surface area contributed by atoms with E-state index in [1.807, 2.05) is 79.9 Å². The van der Waals surface area contributed by atoms with Gasteiger partial charge in [0.2, 0.25) is 5.95 Å². The number of anilines is 3. The van der Waals surface area contributed by atoms with Gasteiger partial charge < -0.3 is 10.7 Å². The lowest BCUT2D eigenvalue weighted by molar-refractivity contribution is 0.844. The molecule has 0 aliphatic heterocycles. The molecule has 0 amide bonds. The molecule has 8 nitrogen and oxygen atoms in total. The number of benzene rings is 2. The molecule has 0 atom stereocenters. The minimum atomic E-state index is 0.405. The van der Waals surface area contributed by atoms with Gasteiger partial charge in [0.25, 0.3) is 0 Å². The topological polar surface area (TPSA) is 107 Å².